The zero-order valence-electron chi connectivity index (χ0n) is 14.9. The second kappa shape index (κ2) is 7.59. The molecule has 2 amide bonds. The maximum absolute atomic E-state index is 12.1. The van der Waals surface area contributed by atoms with Gasteiger partial charge in [-0.15, -0.1) is 0 Å². The summed E-state index contributed by atoms with van der Waals surface area (Å²) in [5.41, 5.74) is 1.17. The third-order valence-corrected chi connectivity index (χ3v) is 4.26. The van der Waals surface area contributed by atoms with Crippen LogP contribution in [-0.4, -0.2) is 37.2 Å². The molecule has 1 heterocycles. The van der Waals surface area contributed by atoms with E-state index in [1.165, 1.54) is 12.1 Å². The van der Waals surface area contributed by atoms with Gasteiger partial charge in [-0.3, -0.25) is 9.59 Å². The lowest BCUT2D eigenvalue weighted by molar-refractivity contribution is -0.119. The Morgan fingerprint density at radius 1 is 1.00 bits per heavy atom. The maximum atomic E-state index is 12.1. The van der Waals surface area contributed by atoms with Crippen molar-refractivity contribution in [3.8, 4) is 11.5 Å². The zero-order valence-corrected chi connectivity index (χ0v) is 14.9. The predicted octanol–water partition coefficient (Wildman–Crippen LogP) is 2.10. The Hall–Kier alpha value is -3.55. The van der Waals surface area contributed by atoms with Crippen molar-refractivity contribution in [2.75, 3.05) is 18.7 Å². The third kappa shape index (κ3) is 4.22. The first-order valence-electron chi connectivity index (χ1n) is 8.86. The zero-order chi connectivity index (χ0) is 19.5. The summed E-state index contributed by atoms with van der Waals surface area (Å²) in [7, 11) is 0. The minimum atomic E-state index is -0.647. The topological polar surface area (TPSA) is 103 Å². The summed E-state index contributed by atoms with van der Waals surface area (Å²) in [5.74, 6) is -0.312. The fourth-order valence-electron chi connectivity index (χ4n) is 2.67. The number of benzene rings is 2. The number of hydrogen-bond acceptors (Lipinski definition) is 6. The van der Waals surface area contributed by atoms with Gasteiger partial charge in [0.25, 0.3) is 11.8 Å². The molecular formula is C20H18N2O6. The molecular weight excluding hydrogens is 364 g/mol. The first-order chi connectivity index (χ1) is 13.6. The Labute approximate surface area is 160 Å². The number of carbonyl (C=O) groups is 3. The number of amides is 2. The molecule has 1 saturated carbocycles. The predicted molar refractivity (Wildman–Crippen MR) is 98.4 cm³/mol. The summed E-state index contributed by atoms with van der Waals surface area (Å²) in [6, 6.07) is 11.5. The molecule has 8 heteroatoms. The Bertz CT molecular complexity index is 938. The highest BCUT2D eigenvalue weighted by Crippen LogP contribution is 2.32. The number of rotatable bonds is 6. The maximum Gasteiger partial charge on any atom is 0.338 e. The minimum Gasteiger partial charge on any atom is -0.454 e. The van der Waals surface area contributed by atoms with E-state index in [2.05, 4.69) is 10.6 Å². The highest BCUT2D eigenvalue weighted by Gasteiger charge is 2.24. The SMILES string of the molecule is O=C(COC(=O)c1ccc2c(c1)OCO2)Nc1cccc(C(=O)NC2CC2)c1. The molecule has 1 fully saturated rings. The Balaban J connectivity index is 1.30. The van der Waals surface area contributed by atoms with E-state index >= 15 is 0 Å². The van der Waals surface area contributed by atoms with Gasteiger partial charge in [0, 0.05) is 17.3 Å². The van der Waals surface area contributed by atoms with Gasteiger partial charge < -0.3 is 24.8 Å². The second-order valence-corrected chi connectivity index (χ2v) is 6.52. The number of anilines is 1. The summed E-state index contributed by atoms with van der Waals surface area (Å²) in [4.78, 5) is 36.2. The lowest BCUT2D eigenvalue weighted by atomic mass is 10.2. The molecule has 4 rings (SSSR count). The van der Waals surface area contributed by atoms with E-state index in [9.17, 15) is 14.4 Å². The summed E-state index contributed by atoms with van der Waals surface area (Å²) in [6.45, 7) is -0.347. The van der Waals surface area contributed by atoms with Gasteiger partial charge in [0.1, 0.15) is 0 Å². The van der Waals surface area contributed by atoms with Crippen LogP contribution < -0.4 is 20.1 Å². The van der Waals surface area contributed by atoms with Gasteiger partial charge in [0.2, 0.25) is 6.79 Å². The molecule has 0 saturated heterocycles. The smallest absolute Gasteiger partial charge is 0.338 e. The lowest BCUT2D eigenvalue weighted by Gasteiger charge is -2.09. The summed E-state index contributed by atoms with van der Waals surface area (Å²) in [6.07, 6.45) is 1.99. The number of hydrogen-bond donors (Lipinski definition) is 2. The fraction of sp³-hybridized carbons (Fsp3) is 0.250. The Morgan fingerprint density at radius 3 is 2.64 bits per heavy atom. The molecule has 2 aromatic rings. The van der Waals surface area contributed by atoms with E-state index in [1.807, 2.05) is 0 Å². The van der Waals surface area contributed by atoms with Gasteiger partial charge >= 0.3 is 5.97 Å². The molecule has 8 nitrogen and oxygen atoms in total. The quantitative estimate of drug-likeness (QED) is 0.742. The van der Waals surface area contributed by atoms with Gasteiger partial charge in [0.05, 0.1) is 5.56 Å². The van der Waals surface area contributed by atoms with E-state index in [0.717, 1.165) is 12.8 Å². The minimum absolute atomic E-state index is 0.105. The average molecular weight is 382 g/mol. The highest BCUT2D eigenvalue weighted by atomic mass is 16.7. The number of carbonyl (C=O) groups excluding carboxylic acids is 3. The molecule has 0 spiro atoms. The van der Waals surface area contributed by atoms with Crippen LogP contribution in [0.1, 0.15) is 33.6 Å². The largest absolute Gasteiger partial charge is 0.454 e. The van der Waals surface area contributed by atoms with Crippen LogP contribution in [-0.2, 0) is 9.53 Å². The lowest BCUT2D eigenvalue weighted by Crippen LogP contribution is -2.25. The van der Waals surface area contributed by atoms with Crippen molar-refractivity contribution in [3.63, 3.8) is 0 Å². The molecule has 1 aliphatic carbocycles. The summed E-state index contributed by atoms with van der Waals surface area (Å²) in [5, 5.41) is 5.50. The van der Waals surface area contributed by atoms with E-state index in [4.69, 9.17) is 14.2 Å². The van der Waals surface area contributed by atoms with Crippen LogP contribution >= 0.6 is 0 Å². The fourth-order valence-corrected chi connectivity index (χ4v) is 2.67. The van der Waals surface area contributed by atoms with Crippen LogP contribution in [0.3, 0.4) is 0 Å². The van der Waals surface area contributed by atoms with Gasteiger partial charge in [-0.1, -0.05) is 6.07 Å². The molecule has 28 heavy (non-hydrogen) atoms. The van der Waals surface area contributed by atoms with Crippen LogP contribution in [0.25, 0.3) is 0 Å². The summed E-state index contributed by atoms with van der Waals surface area (Å²) < 4.78 is 15.4. The van der Waals surface area contributed by atoms with Crippen LogP contribution in [0.5, 0.6) is 11.5 Å². The molecule has 1 aliphatic heterocycles. The van der Waals surface area contributed by atoms with Gasteiger partial charge in [-0.05, 0) is 49.2 Å². The number of nitrogens with one attached hydrogen (secondary N) is 2. The average Bonchev–Trinajstić information content (AvgIpc) is 3.38. The molecule has 144 valence electrons. The summed E-state index contributed by atoms with van der Waals surface area (Å²) >= 11 is 0. The molecule has 0 atom stereocenters. The van der Waals surface area contributed by atoms with Crippen LogP contribution in [0, 0.1) is 0 Å². The van der Waals surface area contributed by atoms with Crippen molar-refractivity contribution in [2.24, 2.45) is 0 Å². The number of fused-ring (bicyclic) bond motifs is 1. The van der Waals surface area contributed by atoms with Crippen molar-refractivity contribution < 1.29 is 28.6 Å². The Morgan fingerprint density at radius 2 is 1.82 bits per heavy atom. The number of ether oxygens (including phenoxy) is 3. The molecule has 2 aliphatic rings. The first kappa shape index (κ1) is 17.8. The number of esters is 1. The highest BCUT2D eigenvalue weighted by molar-refractivity contribution is 5.98. The third-order valence-electron chi connectivity index (χ3n) is 4.26. The van der Waals surface area contributed by atoms with E-state index in [-0.39, 0.29) is 24.3 Å². The first-order valence-corrected chi connectivity index (χ1v) is 8.86. The second-order valence-electron chi connectivity index (χ2n) is 6.52. The molecule has 0 radical (unpaired) electrons. The molecule has 2 N–H and O–H groups in total. The monoisotopic (exact) mass is 382 g/mol. The van der Waals surface area contributed by atoms with E-state index < -0.39 is 18.5 Å². The van der Waals surface area contributed by atoms with Crippen molar-refractivity contribution in [3.05, 3.63) is 53.6 Å². The van der Waals surface area contributed by atoms with Crippen molar-refractivity contribution >= 4 is 23.5 Å². The molecule has 2 aromatic carbocycles. The van der Waals surface area contributed by atoms with Crippen molar-refractivity contribution in [1.82, 2.24) is 5.32 Å². The van der Waals surface area contributed by atoms with Crippen molar-refractivity contribution in [1.29, 1.82) is 0 Å². The van der Waals surface area contributed by atoms with E-state index in [1.54, 1.807) is 30.3 Å². The van der Waals surface area contributed by atoms with Gasteiger partial charge in [-0.25, -0.2) is 4.79 Å². The molecule has 0 bridgehead atoms. The van der Waals surface area contributed by atoms with Crippen LogP contribution in [0.15, 0.2) is 42.5 Å². The van der Waals surface area contributed by atoms with Crippen molar-refractivity contribution in [2.45, 2.75) is 18.9 Å². The van der Waals surface area contributed by atoms with Gasteiger partial charge in [-0.2, -0.15) is 0 Å². The van der Waals surface area contributed by atoms with Crippen LogP contribution in [0.2, 0.25) is 0 Å². The Kier molecular flexibility index (Phi) is 4.84. The van der Waals surface area contributed by atoms with Gasteiger partial charge in [0.15, 0.2) is 18.1 Å². The van der Waals surface area contributed by atoms with E-state index in [0.29, 0.717) is 22.7 Å². The normalized spacial score (nSPS) is 14.3. The van der Waals surface area contributed by atoms with Crippen LogP contribution in [0.4, 0.5) is 5.69 Å². The standard InChI is InChI=1S/C20H18N2O6/c23-18(10-26-20(25)13-4-7-16-17(9-13)28-11-27-16)21-15-3-1-2-12(8-15)19(24)22-14-5-6-14/h1-4,7-9,14H,5-6,10-11H2,(H,21,23)(H,22,24). The molecule has 0 aromatic heterocycles. The molecule has 0 unspecified atom stereocenters.